The van der Waals surface area contributed by atoms with E-state index in [2.05, 4.69) is 4.90 Å². The van der Waals surface area contributed by atoms with E-state index in [1.807, 2.05) is 0 Å². The third kappa shape index (κ3) is 5.20. The molecule has 1 rings (SSSR count). The Kier molecular flexibility index (Phi) is 8.45. The molecule has 1 aliphatic heterocycles. The molecule has 0 aromatic rings. The highest BCUT2D eigenvalue weighted by Gasteiger charge is 2.08. The first-order valence-corrected chi connectivity index (χ1v) is 4.83. The van der Waals surface area contributed by atoms with Crippen LogP contribution in [0.2, 0.25) is 0 Å². The number of ether oxygens (including phenoxy) is 1. The Balaban J connectivity index is 0.00000121. The summed E-state index contributed by atoms with van der Waals surface area (Å²) >= 11 is 5.58. The van der Waals surface area contributed by atoms with Gasteiger partial charge in [0.2, 0.25) is 0 Å². The molecule has 0 spiro atoms. The fourth-order valence-electron chi connectivity index (χ4n) is 1.25. The Morgan fingerprint density at radius 1 is 1.17 bits per heavy atom. The number of rotatable bonds is 4. The molecule has 0 aromatic heterocycles. The topological polar surface area (TPSA) is 12.5 Å². The van der Waals surface area contributed by atoms with E-state index in [4.69, 9.17) is 16.3 Å². The maximum absolute atomic E-state index is 5.58. The fraction of sp³-hybridized carbons (Fsp3) is 1.00. The van der Waals surface area contributed by atoms with Gasteiger partial charge in [-0.1, -0.05) is 0 Å². The van der Waals surface area contributed by atoms with Crippen molar-refractivity contribution in [1.29, 1.82) is 0 Å². The number of nitrogens with zero attached hydrogens (tertiary/aromatic N) is 1. The molecule has 1 aliphatic rings. The van der Waals surface area contributed by atoms with Crippen molar-refractivity contribution in [3.63, 3.8) is 0 Å². The summed E-state index contributed by atoms with van der Waals surface area (Å²) in [7, 11) is 0. The maximum Gasteiger partial charge on any atom is 0.0594 e. The summed E-state index contributed by atoms with van der Waals surface area (Å²) in [6.07, 6.45) is 2.36. The molecule has 0 unspecified atom stereocenters. The molecule has 0 aromatic carbocycles. The van der Waals surface area contributed by atoms with Crippen LogP contribution in [-0.4, -0.2) is 43.6 Å². The van der Waals surface area contributed by atoms with Crippen molar-refractivity contribution in [2.45, 2.75) is 12.8 Å². The highest BCUT2D eigenvalue weighted by molar-refractivity contribution is 6.17. The summed E-state index contributed by atoms with van der Waals surface area (Å²) < 4.78 is 5.24. The van der Waals surface area contributed by atoms with Crippen molar-refractivity contribution < 1.29 is 4.74 Å². The first-order valence-electron chi connectivity index (χ1n) is 4.29. The molecular weight excluding hydrogens is 197 g/mol. The van der Waals surface area contributed by atoms with Crippen LogP contribution in [0.1, 0.15) is 12.8 Å². The number of unbranched alkanes of at least 4 members (excludes halogenated alkanes) is 1. The number of hydrogen-bond acceptors (Lipinski definition) is 2. The lowest BCUT2D eigenvalue weighted by Crippen LogP contribution is -2.36. The van der Waals surface area contributed by atoms with Gasteiger partial charge in [-0.25, -0.2) is 0 Å². The average Bonchev–Trinajstić information content (AvgIpc) is 2.07. The summed E-state index contributed by atoms with van der Waals surface area (Å²) in [5.41, 5.74) is 0. The van der Waals surface area contributed by atoms with Crippen molar-refractivity contribution in [2.75, 3.05) is 38.7 Å². The summed E-state index contributed by atoms with van der Waals surface area (Å²) in [6.45, 7) is 5.20. The lowest BCUT2D eigenvalue weighted by molar-refractivity contribution is 0.0374. The van der Waals surface area contributed by atoms with Crippen molar-refractivity contribution in [2.24, 2.45) is 0 Å². The van der Waals surface area contributed by atoms with Gasteiger partial charge in [-0.3, -0.25) is 4.90 Å². The molecule has 1 heterocycles. The molecule has 2 nitrogen and oxygen atoms in total. The molecule has 0 amide bonds. The highest BCUT2D eigenvalue weighted by atomic mass is 35.5. The van der Waals surface area contributed by atoms with E-state index in [-0.39, 0.29) is 12.4 Å². The summed E-state index contributed by atoms with van der Waals surface area (Å²) in [6, 6.07) is 0. The molecule has 0 bridgehead atoms. The van der Waals surface area contributed by atoms with Crippen LogP contribution in [0.5, 0.6) is 0 Å². The van der Waals surface area contributed by atoms with Gasteiger partial charge in [-0.15, -0.1) is 24.0 Å². The van der Waals surface area contributed by atoms with E-state index in [0.717, 1.165) is 38.6 Å². The van der Waals surface area contributed by atoms with Crippen molar-refractivity contribution in [3.8, 4) is 0 Å². The highest BCUT2D eigenvalue weighted by Crippen LogP contribution is 2.00. The van der Waals surface area contributed by atoms with Crippen LogP contribution in [0.15, 0.2) is 0 Å². The Morgan fingerprint density at radius 3 is 2.42 bits per heavy atom. The molecule has 0 N–H and O–H groups in total. The van der Waals surface area contributed by atoms with Gasteiger partial charge in [0, 0.05) is 19.0 Å². The van der Waals surface area contributed by atoms with Gasteiger partial charge in [0.15, 0.2) is 0 Å². The Bertz CT molecular complexity index is 97.1. The van der Waals surface area contributed by atoms with Gasteiger partial charge in [-0.05, 0) is 19.4 Å². The van der Waals surface area contributed by atoms with Crippen LogP contribution in [0.4, 0.5) is 0 Å². The van der Waals surface area contributed by atoms with E-state index >= 15 is 0 Å². The van der Waals surface area contributed by atoms with Crippen LogP contribution in [-0.2, 0) is 4.74 Å². The van der Waals surface area contributed by atoms with Crippen LogP contribution in [0.3, 0.4) is 0 Å². The molecule has 1 saturated heterocycles. The summed E-state index contributed by atoms with van der Waals surface area (Å²) in [5, 5.41) is 0. The zero-order valence-corrected chi connectivity index (χ0v) is 8.87. The molecule has 0 atom stereocenters. The number of halogens is 2. The molecule has 4 heteroatoms. The Labute approximate surface area is 85.6 Å². The molecule has 0 saturated carbocycles. The zero-order chi connectivity index (χ0) is 7.94. The second-order valence-electron chi connectivity index (χ2n) is 2.85. The van der Waals surface area contributed by atoms with Crippen molar-refractivity contribution in [1.82, 2.24) is 4.90 Å². The van der Waals surface area contributed by atoms with E-state index in [0.29, 0.717) is 0 Å². The third-order valence-electron chi connectivity index (χ3n) is 1.96. The molecule has 0 aliphatic carbocycles. The first kappa shape index (κ1) is 12.5. The molecule has 12 heavy (non-hydrogen) atoms. The lowest BCUT2D eigenvalue weighted by Gasteiger charge is -2.26. The van der Waals surface area contributed by atoms with Gasteiger partial charge >= 0.3 is 0 Å². The normalized spacial score (nSPS) is 18.8. The molecule has 74 valence electrons. The van der Waals surface area contributed by atoms with Gasteiger partial charge < -0.3 is 4.74 Å². The van der Waals surface area contributed by atoms with E-state index in [1.165, 1.54) is 13.0 Å². The maximum atomic E-state index is 5.58. The van der Waals surface area contributed by atoms with E-state index < -0.39 is 0 Å². The predicted octanol–water partition coefficient (Wildman–Crippen LogP) is 1.76. The van der Waals surface area contributed by atoms with Crippen LogP contribution in [0.25, 0.3) is 0 Å². The second kappa shape index (κ2) is 8.11. The minimum absolute atomic E-state index is 0. The monoisotopic (exact) mass is 213 g/mol. The van der Waals surface area contributed by atoms with Gasteiger partial charge in [-0.2, -0.15) is 0 Å². The minimum Gasteiger partial charge on any atom is -0.379 e. The predicted molar refractivity (Wildman–Crippen MR) is 54.5 cm³/mol. The third-order valence-corrected chi connectivity index (χ3v) is 2.23. The van der Waals surface area contributed by atoms with Crippen molar-refractivity contribution >= 4 is 24.0 Å². The number of alkyl halides is 1. The summed E-state index contributed by atoms with van der Waals surface area (Å²) in [4.78, 5) is 2.44. The smallest absolute Gasteiger partial charge is 0.0594 e. The van der Waals surface area contributed by atoms with Gasteiger partial charge in [0.25, 0.3) is 0 Å². The SMILES string of the molecule is Cl.ClCCCCN1CCOCC1. The Morgan fingerprint density at radius 2 is 1.83 bits per heavy atom. The second-order valence-corrected chi connectivity index (χ2v) is 3.23. The van der Waals surface area contributed by atoms with Gasteiger partial charge in [0.05, 0.1) is 13.2 Å². The minimum atomic E-state index is 0. The molecule has 0 radical (unpaired) electrons. The largest absolute Gasteiger partial charge is 0.379 e. The van der Waals surface area contributed by atoms with E-state index in [9.17, 15) is 0 Å². The van der Waals surface area contributed by atoms with Crippen LogP contribution < -0.4 is 0 Å². The Hall–Kier alpha value is 0.500. The van der Waals surface area contributed by atoms with E-state index in [1.54, 1.807) is 0 Å². The van der Waals surface area contributed by atoms with Crippen LogP contribution >= 0.6 is 24.0 Å². The standard InChI is InChI=1S/C8H16ClNO.ClH/c9-3-1-2-4-10-5-7-11-8-6-10;/h1-8H2;1H. The lowest BCUT2D eigenvalue weighted by atomic mass is 10.3. The quantitative estimate of drug-likeness (QED) is 0.522. The number of morpholine rings is 1. The summed E-state index contributed by atoms with van der Waals surface area (Å²) in [5.74, 6) is 0.796. The fourth-order valence-corrected chi connectivity index (χ4v) is 1.44. The van der Waals surface area contributed by atoms with Crippen LogP contribution in [0, 0.1) is 0 Å². The van der Waals surface area contributed by atoms with Gasteiger partial charge in [0.1, 0.15) is 0 Å². The zero-order valence-electron chi connectivity index (χ0n) is 7.30. The van der Waals surface area contributed by atoms with Crippen molar-refractivity contribution in [3.05, 3.63) is 0 Å². The average molecular weight is 214 g/mol. The molecular formula is C8H17Cl2NO. The number of hydrogen-bond donors (Lipinski definition) is 0. The first-order chi connectivity index (χ1) is 5.43. The molecule has 1 fully saturated rings.